The molecule has 0 aliphatic rings. The third kappa shape index (κ3) is 6.09. The molecule has 3 nitrogen and oxygen atoms in total. The summed E-state index contributed by atoms with van der Waals surface area (Å²) in [6.45, 7) is 7.23. The van der Waals surface area contributed by atoms with Crippen LogP contribution < -0.4 is 5.32 Å². The van der Waals surface area contributed by atoms with E-state index in [2.05, 4.69) is 37.4 Å². The second kappa shape index (κ2) is 10.4. The van der Waals surface area contributed by atoms with Gasteiger partial charge in [0.15, 0.2) is 0 Å². The summed E-state index contributed by atoms with van der Waals surface area (Å²) in [5.74, 6) is 1.19. The number of likely N-dealkylation sites (N-methyl/N-ethyl adjacent to an activating group) is 2. The Labute approximate surface area is 105 Å². The van der Waals surface area contributed by atoms with Crippen molar-refractivity contribution in [2.45, 2.75) is 32.4 Å². The minimum absolute atomic E-state index is 0.474. The van der Waals surface area contributed by atoms with Crippen molar-refractivity contribution in [3.63, 3.8) is 0 Å². The molecule has 0 saturated carbocycles. The summed E-state index contributed by atoms with van der Waals surface area (Å²) in [5, 5.41) is 3.41. The lowest BCUT2D eigenvalue weighted by molar-refractivity contribution is 0.0842. The second-order valence-electron chi connectivity index (χ2n) is 4.10. The number of thioether (sulfide) groups is 1. The number of methoxy groups -OCH3 is 1. The number of nitrogens with zero attached hydrogens (tertiary/aromatic N) is 1. The van der Waals surface area contributed by atoms with Crippen LogP contribution in [-0.4, -0.2) is 62.8 Å². The quantitative estimate of drug-likeness (QED) is 0.636. The van der Waals surface area contributed by atoms with Gasteiger partial charge in [0, 0.05) is 31.5 Å². The van der Waals surface area contributed by atoms with E-state index in [9.17, 15) is 0 Å². The highest BCUT2D eigenvalue weighted by molar-refractivity contribution is 7.98. The molecule has 4 heteroatoms. The molecule has 0 aliphatic carbocycles. The molecule has 0 rings (SSSR count). The highest BCUT2D eigenvalue weighted by Gasteiger charge is 2.20. The topological polar surface area (TPSA) is 24.5 Å². The van der Waals surface area contributed by atoms with Crippen LogP contribution in [0.5, 0.6) is 0 Å². The van der Waals surface area contributed by atoms with E-state index >= 15 is 0 Å². The van der Waals surface area contributed by atoms with Gasteiger partial charge in [-0.25, -0.2) is 0 Å². The van der Waals surface area contributed by atoms with Crippen molar-refractivity contribution in [3.8, 4) is 0 Å². The van der Waals surface area contributed by atoms with E-state index in [4.69, 9.17) is 4.74 Å². The Bertz CT molecular complexity index is 158. The number of ether oxygens (including phenoxy) is 1. The van der Waals surface area contributed by atoms with E-state index in [1.807, 2.05) is 11.8 Å². The number of rotatable bonds is 10. The lowest BCUT2D eigenvalue weighted by atomic mass is 10.1. The van der Waals surface area contributed by atoms with Crippen LogP contribution in [0.15, 0.2) is 0 Å². The van der Waals surface area contributed by atoms with Crippen molar-refractivity contribution >= 4 is 11.8 Å². The standard InChI is InChI=1S/C12H28N2OS/c1-6-11(10-16-5)14(3)12(9-15-4)8-13-7-2/h11-13H,6-10H2,1-5H3. The molecule has 0 amide bonds. The van der Waals surface area contributed by atoms with Crippen molar-refractivity contribution in [2.24, 2.45) is 0 Å². The summed E-state index contributed by atoms with van der Waals surface area (Å²) in [5.41, 5.74) is 0. The molecule has 0 spiro atoms. The molecule has 0 aromatic heterocycles. The molecule has 0 radical (unpaired) electrons. The Morgan fingerprint density at radius 2 is 2.00 bits per heavy atom. The predicted octanol–water partition coefficient (Wildman–Crippen LogP) is 1.68. The summed E-state index contributed by atoms with van der Waals surface area (Å²) in [6.07, 6.45) is 3.37. The van der Waals surface area contributed by atoms with Gasteiger partial charge in [0.1, 0.15) is 0 Å². The minimum Gasteiger partial charge on any atom is -0.383 e. The number of nitrogens with one attached hydrogen (secondary N) is 1. The average Bonchev–Trinajstić information content (AvgIpc) is 2.30. The zero-order valence-corrected chi connectivity index (χ0v) is 12.3. The van der Waals surface area contributed by atoms with Gasteiger partial charge in [0.05, 0.1) is 6.61 Å². The lowest BCUT2D eigenvalue weighted by Crippen LogP contribution is -2.48. The van der Waals surface area contributed by atoms with Crippen LogP contribution in [-0.2, 0) is 4.74 Å². The van der Waals surface area contributed by atoms with Crippen molar-refractivity contribution < 1.29 is 4.74 Å². The highest BCUT2D eigenvalue weighted by Crippen LogP contribution is 2.11. The molecule has 16 heavy (non-hydrogen) atoms. The molecule has 1 N–H and O–H groups in total. The maximum Gasteiger partial charge on any atom is 0.0630 e. The van der Waals surface area contributed by atoms with Gasteiger partial charge in [-0.1, -0.05) is 13.8 Å². The SMILES string of the molecule is CCNCC(COC)N(C)C(CC)CSC. The Hall–Kier alpha value is 0.230. The van der Waals surface area contributed by atoms with E-state index in [1.165, 1.54) is 12.2 Å². The van der Waals surface area contributed by atoms with Crippen molar-refractivity contribution in [1.82, 2.24) is 10.2 Å². The zero-order chi connectivity index (χ0) is 12.4. The summed E-state index contributed by atoms with van der Waals surface area (Å²) in [7, 11) is 3.99. The molecule has 0 fully saturated rings. The molecule has 0 heterocycles. The number of hydrogen-bond donors (Lipinski definition) is 1. The molecule has 0 saturated heterocycles. The van der Waals surface area contributed by atoms with Gasteiger partial charge in [-0.05, 0) is 26.3 Å². The maximum absolute atomic E-state index is 5.31. The van der Waals surface area contributed by atoms with Crippen LogP contribution in [0.4, 0.5) is 0 Å². The van der Waals surface area contributed by atoms with Crippen LogP contribution in [0.3, 0.4) is 0 Å². The van der Waals surface area contributed by atoms with Gasteiger partial charge in [-0.3, -0.25) is 4.90 Å². The minimum atomic E-state index is 0.474. The van der Waals surface area contributed by atoms with E-state index in [-0.39, 0.29) is 0 Å². The van der Waals surface area contributed by atoms with Crippen LogP contribution in [0, 0.1) is 0 Å². The van der Waals surface area contributed by atoms with Crippen LogP contribution >= 0.6 is 11.8 Å². The molecular formula is C12H28N2OS. The maximum atomic E-state index is 5.31. The average molecular weight is 248 g/mol. The van der Waals surface area contributed by atoms with Gasteiger partial charge in [-0.15, -0.1) is 0 Å². The van der Waals surface area contributed by atoms with Crippen molar-refractivity contribution in [1.29, 1.82) is 0 Å². The Morgan fingerprint density at radius 1 is 1.31 bits per heavy atom. The summed E-state index contributed by atoms with van der Waals surface area (Å²) in [4.78, 5) is 2.46. The Kier molecular flexibility index (Phi) is 10.5. The third-order valence-electron chi connectivity index (χ3n) is 2.97. The predicted molar refractivity (Wildman–Crippen MR) is 74.4 cm³/mol. The van der Waals surface area contributed by atoms with Gasteiger partial charge in [-0.2, -0.15) is 11.8 Å². The normalized spacial score (nSPS) is 15.4. The summed E-state index contributed by atoms with van der Waals surface area (Å²) < 4.78 is 5.31. The van der Waals surface area contributed by atoms with Crippen molar-refractivity contribution in [3.05, 3.63) is 0 Å². The Morgan fingerprint density at radius 3 is 2.44 bits per heavy atom. The molecule has 0 aliphatic heterocycles. The summed E-state index contributed by atoms with van der Waals surface area (Å²) in [6, 6.07) is 1.12. The smallest absolute Gasteiger partial charge is 0.0630 e. The molecule has 0 aromatic rings. The van der Waals surface area contributed by atoms with Crippen molar-refractivity contribution in [2.75, 3.05) is 45.9 Å². The fraction of sp³-hybridized carbons (Fsp3) is 1.00. The first kappa shape index (κ1) is 16.2. The number of hydrogen-bond acceptors (Lipinski definition) is 4. The fourth-order valence-corrected chi connectivity index (χ4v) is 2.69. The van der Waals surface area contributed by atoms with E-state index in [1.54, 1.807) is 7.11 Å². The second-order valence-corrected chi connectivity index (χ2v) is 5.01. The van der Waals surface area contributed by atoms with Gasteiger partial charge in [0.25, 0.3) is 0 Å². The first-order valence-electron chi connectivity index (χ1n) is 6.11. The molecule has 2 unspecified atom stereocenters. The largest absolute Gasteiger partial charge is 0.383 e. The third-order valence-corrected chi connectivity index (χ3v) is 3.69. The first-order valence-corrected chi connectivity index (χ1v) is 7.51. The van der Waals surface area contributed by atoms with E-state index in [0.29, 0.717) is 12.1 Å². The van der Waals surface area contributed by atoms with Gasteiger partial charge in [0.2, 0.25) is 0 Å². The molecule has 0 bridgehead atoms. The lowest BCUT2D eigenvalue weighted by Gasteiger charge is -2.34. The first-order chi connectivity index (χ1) is 7.71. The summed E-state index contributed by atoms with van der Waals surface area (Å²) >= 11 is 1.92. The van der Waals surface area contributed by atoms with E-state index < -0.39 is 0 Å². The van der Waals surface area contributed by atoms with Gasteiger partial charge >= 0.3 is 0 Å². The van der Waals surface area contributed by atoms with Crippen LogP contribution in [0.2, 0.25) is 0 Å². The highest BCUT2D eigenvalue weighted by atomic mass is 32.2. The van der Waals surface area contributed by atoms with Gasteiger partial charge < -0.3 is 10.1 Å². The van der Waals surface area contributed by atoms with E-state index in [0.717, 1.165) is 19.7 Å². The Balaban J connectivity index is 4.24. The zero-order valence-electron chi connectivity index (χ0n) is 11.5. The molecule has 0 aromatic carbocycles. The fourth-order valence-electron chi connectivity index (χ4n) is 1.84. The van der Waals surface area contributed by atoms with Crippen LogP contribution in [0.25, 0.3) is 0 Å². The van der Waals surface area contributed by atoms with Crippen LogP contribution in [0.1, 0.15) is 20.3 Å². The molecular weight excluding hydrogens is 220 g/mol. The monoisotopic (exact) mass is 248 g/mol. The molecule has 2 atom stereocenters. The molecule has 98 valence electrons.